The van der Waals surface area contributed by atoms with Crippen molar-refractivity contribution < 1.29 is 27.1 Å². The molecule has 2 fully saturated rings. The van der Waals surface area contributed by atoms with Gasteiger partial charge in [-0.2, -0.15) is 17.0 Å². The maximum atomic E-state index is 13.1. The molecule has 1 aromatic rings. The lowest BCUT2D eigenvalue weighted by atomic mass is 10.0. The summed E-state index contributed by atoms with van der Waals surface area (Å²) in [6, 6.07) is 5.88. The van der Waals surface area contributed by atoms with Crippen LogP contribution in [0.1, 0.15) is 31.4 Å². The molecule has 0 aliphatic carbocycles. The molecular formula is C18H25FN2O5S. The summed E-state index contributed by atoms with van der Waals surface area (Å²) in [6.45, 7) is 3.21. The number of carbonyl (C=O) groups is 1. The second-order valence-electron chi connectivity index (χ2n) is 6.73. The second kappa shape index (κ2) is 8.64. The zero-order valence-corrected chi connectivity index (χ0v) is 16.2. The fourth-order valence-electron chi connectivity index (χ4n) is 3.48. The quantitative estimate of drug-likeness (QED) is 0.704. The molecule has 1 aromatic carbocycles. The molecule has 0 aromatic heterocycles. The molecule has 2 atom stereocenters. The van der Waals surface area contributed by atoms with Crippen LogP contribution in [0.3, 0.4) is 0 Å². The molecule has 0 saturated carbocycles. The molecule has 2 aliphatic heterocycles. The molecule has 0 bridgehead atoms. The number of hydrogen-bond acceptors (Lipinski definition) is 5. The summed E-state index contributed by atoms with van der Waals surface area (Å²) in [5, 5.41) is 0. The van der Waals surface area contributed by atoms with Crippen molar-refractivity contribution in [1.82, 2.24) is 8.61 Å². The van der Waals surface area contributed by atoms with Crippen molar-refractivity contribution in [2.75, 3.05) is 39.4 Å². The highest BCUT2D eigenvalue weighted by atomic mass is 32.2. The molecule has 2 heterocycles. The first-order chi connectivity index (χ1) is 12.9. The van der Waals surface area contributed by atoms with Crippen LogP contribution in [0.15, 0.2) is 24.3 Å². The predicted octanol–water partition coefficient (Wildman–Crippen LogP) is 1.72. The Kier molecular flexibility index (Phi) is 6.46. The van der Waals surface area contributed by atoms with Crippen LogP contribution >= 0.6 is 0 Å². The molecule has 2 aliphatic rings. The van der Waals surface area contributed by atoms with Gasteiger partial charge in [0.2, 0.25) is 0 Å². The number of carbonyl (C=O) groups excluding carboxylic acids is 1. The van der Waals surface area contributed by atoms with E-state index in [2.05, 4.69) is 0 Å². The van der Waals surface area contributed by atoms with Crippen LogP contribution in [0.4, 0.5) is 4.39 Å². The van der Waals surface area contributed by atoms with Gasteiger partial charge < -0.3 is 9.47 Å². The average molecular weight is 400 g/mol. The maximum absolute atomic E-state index is 13.1. The first-order valence-electron chi connectivity index (χ1n) is 9.20. The summed E-state index contributed by atoms with van der Waals surface area (Å²) in [6.07, 6.45) is 0.806. The Morgan fingerprint density at radius 3 is 2.63 bits per heavy atom. The van der Waals surface area contributed by atoms with Crippen LogP contribution in [0.2, 0.25) is 0 Å². The van der Waals surface area contributed by atoms with Gasteiger partial charge in [0.25, 0.3) is 10.2 Å². The highest BCUT2D eigenvalue weighted by Gasteiger charge is 2.38. The molecule has 0 radical (unpaired) electrons. The van der Waals surface area contributed by atoms with Gasteiger partial charge in [0.15, 0.2) is 0 Å². The normalized spacial score (nSPS) is 25.3. The van der Waals surface area contributed by atoms with Crippen LogP contribution in [0, 0.1) is 11.7 Å². The topological polar surface area (TPSA) is 76.2 Å². The van der Waals surface area contributed by atoms with Crippen molar-refractivity contribution in [2.45, 2.75) is 25.9 Å². The number of morpholine rings is 1. The number of halogens is 1. The lowest BCUT2D eigenvalue weighted by Gasteiger charge is -2.38. The van der Waals surface area contributed by atoms with Gasteiger partial charge in [-0.3, -0.25) is 4.79 Å². The number of esters is 1. The van der Waals surface area contributed by atoms with Gasteiger partial charge in [0.05, 0.1) is 25.2 Å². The fraction of sp³-hybridized carbons (Fsp3) is 0.611. The van der Waals surface area contributed by atoms with Crippen LogP contribution < -0.4 is 0 Å². The number of hydrogen-bond donors (Lipinski definition) is 0. The largest absolute Gasteiger partial charge is 0.466 e. The van der Waals surface area contributed by atoms with Crippen molar-refractivity contribution in [3.63, 3.8) is 0 Å². The molecule has 0 N–H and O–H groups in total. The summed E-state index contributed by atoms with van der Waals surface area (Å²) in [5.41, 5.74) is 0.736. The van der Waals surface area contributed by atoms with E-state index < -0.39 is 22.2 Å². The van der Waals surface area contributed by atoms with E-state index in [0.29, 0.717) is 19.4 Å². The minimum Gasteiger partial charge on any atom is -0.466 e. The average Bonchev–Trinajstić information content (AvgIpc) is 2.69. The first kappa shape index (κ1) is 20.2. The maximum Gasteiger partial charge on any atom is 0.310 e. The van der Waals surface area contributed by atoms with Gasteiger partial charge in [0.1, 0.15) is 5.82 Å². The van der Waals surface area contributed by atoms with Crippen molar-refractivity contribution >= 4 is 16.2 Å². The van der Waals surface area contributed by atoms with Crippen LogP contribution in [0.5, 0.6) is 0 Å². The van der Waals surface area contributed by atoms with Crippen molar-refractivity contribution in [2.24, 2.45) is 5.92 Å². The van der Waals surface area contributed by atoms with Crippen LogP contribution in [0.25, 0.3) is 0 Å². The monoisotopic (exact) mass is 400 g/mol. The Bertz CT molecular complexity index is 756. The minimum atomic E-state index is -3.71. The molecule has 0 spiro atoms. The summed E-state index contributed by atoms with van der Waals surface area (Å²) < 4.78 is 52.8. The Morgan fingerprint density at radius 1 is 1.22 bits per heavy atom. The van der Waals surface area contributed by atoms with Crippen molar-refractivity contribution in [3.05, 3.63) is 35.6 Å². The van der Waals surface area contributed by atoms with E-state index in [-0.39, 0.29) is 44.6 Å². The summed E-state index contributed by atoms with van der Waals surface area (Å²) in [5.74, 6) is -1.12. The molecule has 2 saturated heterocycles. The van der Waals surface area contributed by atoms with Gasteiger partial charge in [-0.05, 0) is 37.5 Å². The van der Waals surface area contributed by atoms with E-state index >= 15 is 0 Å². The third-order valence-corrected chi connectivity index (χ3v) is 6.90. The summed E-state index contributed by atoms with van der Waals surface area (Å²) in [7, 11) is -3.71. The summed E-state index contributed by atoms with van der Waals surface area (Å²) >= 11 is 0. The zero-order valence-electron chi connectivity index (χ0n) is 15.3. The first-order valence-corrected chi connectivity index (χ1v) is 10.6. The Labute approximate surface area is 159 Å². The smallest absolute Gasteiger partial charge is 0.310 e. The lowest BCUT2D eigenvalue weighted by molar-refractivity contribution is -0.149. The number of benzene rings is 1. The van der Waals surface area contributed by atoms with Gasteiger partial charge in [-0.1, -0.05) is 12.1 Å². The molecular weight excluding hydrogens is 375 g/mol. The third kappa shape index (κ3) is 4.66. The standard InChI is InChI=1S/C18H25FN2O5S/c1-2-25-18(22)15-4-3-9-20(12-15)27(23,24)21-10-11-26-17(13-21)14-5-7-16(19)8-6-14/h5-8,15,17H,2-4,9-13H2,1H3. The Balaban J connectivity index is 1.70. The highest BCUT2D eigenvalue weighted by molar-refractivity contribution is 7.86. The van der Waals surface area contributed by atoms with Gasteiger partial charge in [0, 0.05) is 26.2 Å². The number of rotatable bonds is 5. The van der Waals surface area contributed by atoms with Crippen molar-refractivity contribution in [3.8, 4) is 0 Å². The van der Waals surface area contributed by atoms with E-state index in [1.165, 1.54) is 20.7 Å². The lowest BCUT2D eigenvalue weighted by Crippen LogP contribution is -2.52. The summed E-state index contributed by atoms with van der Waals surface area (Å²) in [4.78, 5) is 12.0. The Hall–Kier alpha value is -1.55. The van der Waals surface area contributed by atoms with Gasteiger partial charge in [-0.15, -0.1) is 0 Å². The van der Waals surface area contributed by atoms with Crippen LogP contribution in [-0.2, 0) is 24.5 Å². The molecule has 27 heavy (non-hydrogen) atoms. The third-order valence-electron chi connectivity index (χ3n) is 4.93. The molecule has 3 rings (SSSR count). The van der Waals surface area contributed by atoms with E-state index in [9.17, 15) is 17.6 Å². The van der Waals surface area contributed by atoms with Gasteiger partial charge in [-0.25, -0.2) is 4.39 Å². The van der Waals surface area contributed by atoms with Crippen LogP contribution in [-0.4, -0.2) is 62.4 Å². The highest BCUT2D eigenvalue weighted by Crippen LogP contribution is 2.27. The second-order valence-corrected chi connectivity index (χ2v) is 8.65. The zero-order chi connectivity index (χ0) is 19.4. The minimum absolute atomic E-state index is 0.139. The number of ether oxygens (including phenoxy) is 2. The number of nitrogens with zero attached hydrogens (tertiary/aromatic N) is 2. The van der Waals surface area contributed by atoms with E-state index in [4.69, 9.17) is 9.47 Å². The molecule has 7 nitrogen and oxygen atoms in total. The predicted molar refractivity (Wildman–Crippen MR) is 96.5 cm³/mol. The fourth-order valence-corrected chi connectivity index (χ4v) is 5.17. The van der Waals surface area contributed by atoms with E-state index in [1.807, 2.05) is 0 Å². The molecule has 9 heteroatoms. The molecule has 2 unspecified atom stereocenters. The molecule has 150 valence electrons. The SMILES string of the molecule is CCOC(=O)C1CCCN(S(=O)(=O)N2CCOC(c3ccc(F)cc3)C2)C1. The molecule has 0 amide bonds. The van der Waals surface area contributed by atoms with Crippen molar-refractivity contribution in [1.29, 1.82) is 0 Å². The number of piperidine rings is 1. The van der Waals surface area contributed by atoms with E-state index in [0.717, 1.165) is 5.56 Å². The van der Waals surface area contributed by atoms with E-state index in [1.54, 1.807) is 19.1 Å². The van der Waals surface area contributed by atoms with Gasteiger partial charge >= 0.3 is 5.97 Å². The Morgan fingerprint density at radius 2 is 1.93 bits per heavy atom.